The van der Waals surface area contributed by atoms with E-state index in [0.717, 1.165) is 0 Å². The molecular weight excluding hydrogens is 264 g/mol. The van der Waals surface area contributed by atoms with E-state index in [9.17, 15) is 14.4 Å². The molecule has 7 heteroatoms. The van der Waals surface area contributed by atoms with Crippen molar-refractivity contribution in [3.63, 3.8) is 0 Å². The maximum absolute atomic E-state index is 12.0. The number of esters is 1. The van der Waals surface area contributed by atoms with Gasteiger partial charge in [0.2, 0.25) is 5.91 Å². The van der Waals surface area contributed by atoms with Crippen LogP contribution in [0.1, 0.15) is 0 Å². The van der Waals surface area contributed by atoms with Crippen molar-refractivity contribution < 1.29 is 18.7 Å². The fourth-order valence-corrected chi connectivity index (χ4v) is 1.77. The highest BCUT2D eigenvalue weighted by Gasteiger charge is 2.17. The highest BCUT2D eigenvalue weighted by molar-refractivity contribution is 5.83. The van der Waals surface area contributed by atoms with Crippen molar-refractivity contribution in [3.05, 3.63) is 34.8 Å². The van der Waals surface area contributed by atoms with Gasteiger partial charge in [0.05, 0.1) is 12.6 Å². The summed E-state index contributed by atoms with van der Waals surface area (Å²) >= 11 is 0. The number of oxazole rings is 1. The van der Waals surface area contributed by atoms with Crippen molar-refractivity contribution in [3.8, 4) is 0 Å². The molecule has 0 N–H and O–H groups in total. The molecule has 0 aliphatic carbocycles. The van der Waals surface area contributed by atoms with Gasteiger partial charge in [-0.25, -0.2) is 4.79 Å². The number of carbonyl (C=O) groups excluding carboxylic acids is 2. The van der Waals surface area contributed by atoms with E-state index >= 15 is 0 Å². The quantitative estimate of drug-likeness (QED) is 0.747. The Kier molecular flexibility index (Phi) is 3.88. The van der Waals surface area contributed by atoms with Crippen LogP contribution in [-0.2, 0) is 20.9 Å². The Morgan fingerprint density at radius 1 is 1.35 bits per heavy atom. The number of para-hydroxylation sites is 2. The normalized spacial score (nSPS) is 10.5. The molecule has 0 radical (unpaired) electrons. The van der Waals surface area contributed by atoms with E-state index in [1.807, 2.05) is 0 Å². The van der Waals surface area contributed by atoms with Gasteiger partial charge in [0.25, 0.3) is 0 Å². The first-order valence-electron chi connectivity index (χ1n) is 5.92. The number of amides is 1. The summed E-state index contributed by atoms with van der Waals surface area (Å²) in [6.45, 7) is -0.358. The fourth-order valence-electron chi connectivity index (χ4n) is 1.77. The number of fused-ring (bicyclic) bond motifs is 1. The molecule has 1 aromatic heterocycles. The number of hydrogen-bond donors (Lipinski definition) is 0. The summed E-state index contributed by atoms with van der Waals surface area (Å²) in [6, 6.07) is 6.82. The van der Waals surface area contributed by atoms with Crippen LogP contribution in [-0.4, -0.2) is 42.0 Å². The molecule has 0 saturated heterocycles. The minimum Gasteiger partial charge on any atom is -0.468 e. The lowest BCUT2D eigenvalue weighted by Gasteiger charge is -2.15. The summed E-state index contributed by atoms with van der Waals surface area (Å²) in [5.41, 5.74) is 0.957. The molecule has 2 rings (SSSR count). The summed E-state index contributed by atoms with van der Waals surface area (Å²) < 4.78 is 10.7. The smallest absolute Gasteiger partial charge is 0.420 e. The number of benzene rings is 1. The molecule has 0 aliphatic heterocycles. The first-order valence-corrected chi connectivity index (χ1v) is 5.92. The molecule has 0 unspecified atom stereocenters. The van der Waals surface area contributed by atoms with E-state index in [1.54, 1.807) is 24.3 Å². The van der Waals surface area contributed by atoms with E-state index in [0.29, 0.717) is 11.1 Å². The molecule has 0 bridgehead atoms. The largest absolute Gasteiger partial charge is 0.468 e. The molecule has 0 spiro atoms. The van der Waals surface area contributed by atoms with E-state index < -0.39 is 11.7 Å². The number of carbonyl (C=O) groups is 2. The van der Waals surface area contributed by atoms with Gasteiger partial charge in [-0.2, -0.15) is 0 Å². The second-order valence-corrected chi connectivity index (χ2v) is 4.25. The Labute approximate surface area is 114 Å². The highest BCUT2D eigenvalue weighted by Crippen LogP contribution is 2.11. The van der Waals surface area contributed by atoms with Crippen LogP contribution in [0.15, 0.2) is 33.5 Å². The molecule has 2 aromatic rings. The van der Waals surface area contributed by atoms with Crippen LogP contribution in [0.2, 0.25) is 0 Å². The Morgan fingerprint density at radius 2 is 2.05 bits per heavy atom. The van der Waals surface area contributed by atoms with E-state index in [-0.39, 0.29) is 19.0 Å². The van der Waals surface area contributed by atoms with Gasteiger partial charge < -0.3 is 14.1 Å². The molecule has 0 atom stereocenters. The third-order valence-electron chi connectivity index (χ3n) is 2.89. The van der Waals surface area contributed by atoms with Crippen molar-refractivity contribution in [1.29, 1.82) is 0 Å². The monoisotopic (exact) mass is 278 g/mol. The zero-order valence-electron chi connectivity index (χ0n) is 11.2. The van der Waals surface area contributed by atoms with Gasteiger partial charge in [0.15, 0.2) is 5.58 Å². The Hall–Kier alpha value is -2.57. The van der Waals surface area contributed by atoms with Crippen LogP contribution in [0.3, 0.4) is 0 Å². The maximum atomic E-state index is 12.0. The molecule has 0 aliphatic rings. The number of methoxy groups -OCH3 is 1. The van der Waals surface area contributed by atoms with Crippen LogP contribution in [0.5, 0.6) is 0 Å². The number of hydrogen-bond acceptors (Lipinski definition) is 5. The molecule has 7 nitrogen and oxygen atoms in total. The van der Waals surface area contributed by atoms with E-state index in [2.05, 4.69) is 4.74 Å². The molecule has 0 fully saturated rings. The maximum Gasteiger partial charge on any atom is 0.420 e. The summed E-state index contributed by atoms with van der Waals surface area (Å²) in [5.74, 6) is -1.51. The number of ether oxygens (including phenoxy) is 1. The average molecular weight is 278 g/mol. The topological polar surface area (TPSA) is 81.8 Å². The van der Waals surface area contributed by atoms with Gasteiger partial charge in [0, 0.05) is 7.05 Å². The summed E-state index contributed by atoms with van der Waals surface area (Å²) in [6.07, 6.45) is 0. The van der Waals surface area contributed by atoms with Gasteiger partial charge in [-0.3, -0.25) is 14.2 Å². The van der Waals surface area contributed by atoms with Crippen molar-refractivity contribution in [1.82, 2.24) is 9.47 Å². The molecule has 0 saturated carbocycles. The van der Waals surface area contributed by atoms with Crippen LogP contribution in [0.25, 0.3) is 11.1 Å². The standard InChI is InChI=1S/C13H14N2O5/c1-14(8-12(17)19-2)11(16)7-15-9-5-3-4-6-10(9)20-13(15)18/h3-6H,7-8H2,1-2H3. The Bertz CT molecular complexity index is 700. The fraction of sp³-hybridized carbons (Fsp3) is 0.308. The summed E-state index contributed by atoms with van der Waals surface area (Å²) in [5, 5.41) is 0. The predicted octanol–water partition coefficient (Wildman–Crippen LogP) is 0.226. The Balaban J connectivity index is 2.20. The molecule has 20 heavy (non-hydrogen) atoms. The van der Waals surface area contributed by atoms with E-state index in [1.165, 1.54) is 23.6 Å². The number of nitrogens with zero attached hydrogens (tertiary/aromatic N) is 2. The second kappa shape index (κ2) is 5.60. The SMILES string of the molecule is COC(=O)CN(C)C(=O)Cn1c(=O)oc2ccccc21. The Morgan fingerprint density at radius 3 is 2.75 bits per heavy atom. The molecular formula is C13H14N2O5. The molecule has 1 heterocycles. The lowest BCUT2D eigenvalue weighted by atomic mass is 10.3. The number of rotatable bonds is 4. The van der Waals surface area contributed by atoms with Gasteiger partial charge in [-0.05, 0) is 12.1 Å². The van der Waals surface area contributed by atoms with E-state index in [4.69, 9.17) is 4.42 Å². The van der Waals surface area contributed by atoms with Crippen LogP contribution in [0, 0.1) is 0 Å². The minimum absolute atomic E-state index is 0.167. The highest BCUT2D eigenvalue weighted by atomic mass is 16.5. The number of aromatic nitrogens is 1. The summed E-state index contributed by atoms with van der Waals surface area (Å²) in [7, 11) is 2.71. The predicted molar refractivity (Wildman–Crippen MR) is 70.1 cm³/mol. The minimum atomic E-state index is -0.606. The third kappa shape index (κ3) is 2.71. The lowest BCUT2D eigenvalue weighted by Crippen LogP contribution is -2.36. The average Bonchev–Trinajstić information content (AvgIpc) is 2.75. The third-order valence-corrected chi connectivity index (χ3v) is 2.89. The van der Waals surface area contributed by atoms with Crippen LogP contribution >= 0.6 is 0 Å². The summed E-state index contributed by atoms with van der Waals surface area (Å²) in [4.78, 5) is 36.0. The van der Waals surface area contributed by atoms with Crippen molar-refractivity contribution in [2.75, 3.05) is 20.7 Å². The molecule has 1 amide bonds. The van der Waals surface area contributed by atoms with Gasteiger partial charge in [-0.1, -0.05) is 12.1 Å². The van der Waals surface area contributed by atoms with Gasteiger partial charge >= 0.3 is 11.7 Å². The molecule has 1 aromatic carbocycles. The van der Waals surface area contributed by atoms with Gasteiger partial charge in [0.1, 0.15) is 13.1 Å². The van der Waals surface area contributed by atoms with Crippen molar-refractivity contribution in [2.45, 2.75) is 6.54 Å². The second-order valence-electron chi connectivity index (χ2n) is 4.25. The first-order chi connectivity index (χ1) is 9.52. The number of likely N-dealkylation sites (N-methyl/N-ethyl adjacent to an activating group) is 1. The lowest BCUT2D eigenvalue weighted by molar-refractivity contribution is -0.146. The first kappa shape index (κ1) is 13.9. The molecule has 106 valence electrons. The zero-order chi connectivity index (χ0) is 14.7. The van der Waals surface area contributed by atoms with Crippen molar-refractivity contribution in [2.24, 2.45) is 0 Å². The van der Waals surface area contributed by atoms with Crippen LogP contribution < -0.4 is 5.76 Å². The zero-order valence-corrected chi connectivity index (χ0v) is 11.2. The van der Waals surface area contributed by atoms with Crippen molar-refractivity contribution >= 4 is 23.0 Å². The van der Waals surface area contributed by atoms with Crippen LogP contribution in [0.4, 0.5) is 0 Å². The van der Waals surface area contributed by atoms with Gasteiger partial charge in [-0.15, -0.1) is 0 Å².